The molecular formula is C5H4ClN5O. The Morgan fingerprint density at radius 2 is 2.50 bits per heavy atom. The van der Waals surface area contributed by atoms with Crippen LogP contribution in [-0.4, -0.2) is 24.9 Å². The molecule has 0 aliphatic carbocycles. The molecule has 0 atom stereocenters. The van der Waals surface area contributed by atoms with E-state index in [0.717, 1.165) is 0 Å². The first-order chi connectivity index (χ1) is 5.86. The van der Waals surface area contributed by atoms with Gasteiger partial charge in [0.05, 0.1) is 6.54 Å². The van der Waals surface area contributed by atoms with E-state index in [1.807, 2.05) is 0 Å². The zero-order valence-electron chi connectivity index (χ0n) is 5.88. The molecule has 62 valence electrons. The first-order valence-corrected chi connectivity index (χ1v) is 3.52. The Kier molecular flexibility index (Phi) is 1.75. The predicted molar refractivity (Wildman–Crippen MR) is 38.4 cm³/mol. The van der Waals surface area contributed by atoms with Crippen molar-refractivity contribution < 1.29 is 4.52 Å². The molecule has 0 saturated heterocycles. The van der Waals surface area contributed by atoms with Crippen LogP contribution < -0.4 is 0 Å². The smallest absolute Gasteiger partial charge is 0.225 e. The monoisotopic (exact) mass is 185 g/mol. The minimum absolute atomic E-state index is 0.305. The average Bonchev–Trinajstić information content (AvgIpc) is 2.65. The largest absolute Gasteiger partial charge is 0.343 e. The topological polar surface area (TPSA) is 69.6 Å². The summed E-state index contributed by atoms with van der Waals surface area (Å²) in [5, 5.41) is 11.1. The van der Waals surface area contributed by atoms with E-state index in [4.69, 9.17) is 11.6 Å². The molecule has 0 aliphatic rings. The van der Waals surface area contributed by atoms with Gasteiger partial charge in [-0.2, -0.15) is 4.98 Å². The standard InChI is InChI=1S/C5H4ClN5O/c6-5-9-8-2-11(5)1-4-7-3-12-10-4/h2-3H,1H2. The van der Waals surface area contributed by atoms with Crippen molar-refractivity contribution in [2.75, 3.05) is 0 Å². The number of rotatable bonds is 2. The SMILES string of the molecule is Clc1nncn1Cc1ncon1. The normalized spacial score (nSPS) is 10.4. The molecule has 0 aliphatic heterocycles. The molecule has 0 saturated carbocycles. The molecule has 0 N–H and O–H groups in total. The van der Waals surface area contributed by atoms with E-state index >= 15 is 0 Å². The van der Waals surface area contributed by atoms with E-state index in [9.17, 15) is 0 Å². The lowest BCUT2D eigenvalue weighted by Crippen LogP contribution is -1.99. The molecule has 0 radical (unpaired) electrons. The Balaban J connectivity index is 2.20. The van der Waals surface area contributed by atoms with E-state index < -0.39 is 0 Å². The Bertz CT molecular complexity index is 356. The van der Waals surface area contributed by atoms with Crippen LogP contribution in [0, 0.1) is 0 Å². The van der Waals surface area contributed by atoms with Crippen LogP contribution in [0.5, 0.6) is 0 Å². The van der Waals surface area contributed by atoms with Gasteiger partial charge in [-0.15, -0.1) is 10.2 Å². The molecule has 0 spiro atoms. The number of halogens is 1. The number of hydrogen-bond acceptors (Lipinski definition) is 5. The van der Waals surface area contributed by atoms with Crippen LogP contribution in [0.15, 0.2) is 17.2 Å². The lowest BCUT2D eigenvalue weighted by molar-refractivity contribution is 0.408. The van der Waals surface area contributed by atoms with Crippen LogP contribution in [0.1, 0.15) is 5.82 Å². The van der Waals surface area contributed by atoms with Crippen LogP contribution in [0.25, 0.3) is 0 Å². The summed E-state index contributed by atoms with van der Waals surface area (Å²) in [6, 6.07) is 0. The molecule has 2 aromatic rings. The third kappa shape index (κ3) is 1.28. The summed E-state index contributed by atoms with van der Waals surface area (Å²) in [6.45, 7) is 0.419. The summed E-state index contributed by atoms with van der Waals surface area (Å²) in [5.74, 6) is 0.539. The highest BCUT2D eigenvalue weighted by Gasteiger charge is 2.03. The van der Waals surface area contributed by atoms with Crippen molar-refractivity contribution in [3.05, 3.63) is 23.8 Å². The van der Waals surface area contributed by atoms with E-state index in [0.29, 0.717) is 17.7 Å². The molecule has 0 bridgehead atoms. The van der Waals surface area contributed by atoms with Crippen LogP contribution in [0.4, 0.5) is 0 Å². The number of nitrogens with zero attached hydrogens (tertiary/aromatic N) is 5. The van der Waals surface area contributed by atoms with Crippen molar-refractivity contribution >= 4 is 11.6 Å². The molecule has 0 unspecified atom stereocenters. The Morgan fingerprint density at radius 3 is 3.08 bits per heavy atom. The van der Waals surface area contributed by atoms with Gasteiger partial charge in [-0.1, -0.05) is 5.16 Å². The minimum Gasteiger partial charge on any atom is -0.343 e. The van der Waals surface area contributed by atoms with Crippen LogP contribution in [0.2, 0.25) is 5.28 Å². The molecule has 6 nitrogen and oxygen atoms in total. The van der Waals surface area contributed by atoms with Gasteiger partial charge in [0, 0.05) is 0 Å². The fourth-order valence-electron chi connectivity index (χ4n) is 0.761. The summed E-state index contributed by atoms with van der Waals surface area (Å²) in [7, 11) is 0. The molecule has 0 aromatic carbocycles. The van der Waals surface area contributed by atoms with E-state index in [2.05, 4.69) is 24.9 Å². The second kappa shape index (κ2) is 2.90. The summed E-state index contributed by atoms with van der Waals surface area (Å²) >= 11 is 5.66. The van der Waals surface area contributed by atoms with E-state index in [1.54, 1.807) is 4.57 Å². The zero-order chi connectivity index (χ0) is 8.39. The Hall–Kier alpha value is -1.43. The summed E-state index contributed by atoms with van der Waals surface area (Å²) in [4.78, 5) is 3.82. The van der Waals surface area contributed by atoms with Crippen LogP contribution in [0.3, 0.4) is 0 Å². The predicted octanol–water partition coefficient (Wildman–Crippen LogP) is 0.363. The average molecular weight is 186 g/mol. The van der Waals surface area contributed by atoms with Gasteiger partial charge in [0.15, 0.2) is 5.82 Å². The van der Waals surface area contributed by atoms with Gasteiger partial charge < -0.3 is 4.52 Å². The first-order valence-electron chi connectivity index (χ1n) is 3.15. The highest BCUT2D eigenvalue weighted by Crippen LogP contribution is 2.04. The fraction of sp³-hybridized carbons (Fsp3) is 0.200. The van der Waals surface area contributed by atoms with E-state index in [1.165, 1.54) is 12.7 Å². The number of aromatic nitrogens is 5. The number of hydrogen-bond donors (Lipinski definition) is 0. The van der Waals surface area contributed by atoms with Crippen molar-refractivity contribution in [1.29, 1.82) is 0 Å². The van der Waals surface area contributed by atoms with Gasteiger partial charge in [-0.05, 0) is 11.6 Å². The maximum absolute atomic E-state index is 5.66. The lowest BCUT2D eigenvalue weighted by atomic mass is 10.6. The Labute approximate surface area is 72.2 Å². The maximum Gasteiger partial charge on any atom is 0.225 e. The third-order valence-electron chi connectivity index (χ3n) is 1.29. The van der Waals surface area contributed by atoms with Gasteiger partial charge >= 0.3 is 0 Å². The summed E-state index contributed by atoms with van der Waals surface area (Å²) in [6.07, 6.45) is 2.76. The molecule has 0 fully saturated rings. The quantitative estimate of drug-likeness (QED) is 0.676. The highest BCUT2D eigenvalue weighted by molar-refractivity contribution is 6.28. The van der Waals surface area contributed by atoms with Crippen molar-refractivity contribution in [3.63, 3.8) is 0 Å². The van der Waals surface area contributed by atoms with Crippen molar-refractivity contribution in [3.8, 4) is 0 Å². The van der Waals surface area contributed by atoms with Crippen molar-refractivity contribution in [2.45, 2.75) is 6.54 Å². The minimum atomic E-state index is 0.305. The van der Waals surface area contributed by atoms with Gasteiger partial charge in [0.25, 0.3) is 0 Å². The summed E-state index contributed by atoms with van der Waals surface area (Å²) in [5.41, 5.74) is 0. The van der Waals surface area contributed by atoms with Gasteiger partial charge in [-0.3, -0.25) is 4.57 Å². The van der Waals surface area contributed by atoms with Gasteiger partial charge in [0.1, 0.15) is 6.33 Å². The van der Waals surface area contributed by atoms with Crippen LogP contribution in [-0.2, 0) is 6.54 Å². The van der Waals surface area contributed by atoms with Gasteiger partial charge in [-0.25, -0.2) is 0 Å². The van der Waals surface area contributed by atoms with Gasteiger partial charge in [0.2, 0.25) is 11.7 Å². The van der Waals surface area contributed by atoms with E-state index in [-0.39, 0.29) is 0 Å². The zero-order valence-corrected chi connectivity index (χ0v) is 6.64. The molecule has 2 aromatic heterocycles. The van der Waals surface area contributed by atoms with Crippen LogP contribution >= 0.6 is 11.6 Å². The molecule has 2 heterocycles. The third-order valence-corrected chi connectivity index (χ3v) is 1.58. The highest BCUT2D eigenvalue weighted by atomic mass is 35.5. The Morgan fingerprint density at radius 1 is 1.58 bits per heavy atom. The second-order valence-electron chi connectivity index (χ2n) is 2.08. The molecule has 0 amide bonds. The molecular weight excluding hydrogens is 182 g/mol. The summed E-state index contributed by atoms with van der Waals surface area (Å²) < 4.78 is 6.15. The van der Waals surface area contributed by atoms with Crippen molar-refractivity contribution in [1.82, 2.24) is 24.9 Å². The molecule has 12 heavy (non-hydrogen) atoms. The lowest BCUT2D eigenvalue weighted by Gasteiger charge is -1.94. The fourth-order valence-corrected chi connectivity index (χ4v) is 0.908. The molecule has 2 rings (SSSR count). The van der Waals surface area contributed by atoms with Crippen molar-refractivity contribution in [2.24, 2.45) is 0 Å². The second-order valence-corrected chi connectivity index (χ2v) is 2.41. The molecule has 7 heteroatoms. The maximum atomic E-state index is 5.66. The first kappa shape index (κ1) is 7.23.